The summed E-state index contributed by atoms with van der Waals surface area (Å²) in [6, 6.07) is 6.31. The van der Waals surface area contributed by atoms with Gasteiger partial charge >= 0.3 is 0 Å². The molecular formula is C13H19NOS. The minimum Gasteiger partial charge on any atom is -0.496 e. The SMILES string of the molecule is COc1cccc(C2(CN)CCC2)c1SC. The van der Waals surface area contributed by atoms with Gasteiger partial charge in [0.15, 0.2) is 0 Å². The van der Waals surface area contributed by atoms with Crippen LogP contribution in [-0.4, -0.2) is 19.9 Å². The predicted molar refractivity (Wildman–Crippen MR) is 69.4 cm³/mol. The van der Waals surface area contributed by atoms with Gasteiger partial charge in [-0.25, -0.2) is 0 Å². The van der Waals surface area contributed by atoms with Gasteiger partial charge in [-0.3, -0.25) is 0 Å². The minimum absolute atomic E-state index is 0.215. The normalized spacial score (nSPS) is 17.9. The molecule has 0 spiro atoms. The molecule has 0 amide bonds. The number of rotatable bonds is 4. The molecule has 0 radical (unpaired) electrons. The predicted octanol–water partition coefficient (Wildman–Crippen LogP) is 2.80. The van der Waals surface area contributed by atoms with E-state index in [1.165, 1.54) is 29.7 Å². The van der Waals surface area contributed by atoms with Crippen molar-refractivity contribution in [2.75, 3.05) is 19.9 Å². The largest absolute Gasteiger partial charge is 0.496 e. The van der Waals surface area contributed by atoms with Crippen molar-refractivity contribution in [2.24, 2.45) is 5.73 Å². The van der Waals surface area contributed by atoms with Crippen LogP contribution in [0.3, 0.4) is 0 Å². The van der Waals surface area contributed by atoms with Gasteiger partial charge in [0.1, 0.15) is 5.75 Å². The number of methoxy groups -OCH3 is 1. The van der Waals surface area contributed by atoms with Gasteiger partial charge in [0.25, 0.3) is 0 Å². The van der Waals surface area contributed by atoms with E-state index in [0.717, 1.165) is 12.3 Å². The highest BCUT2D eigenvalue weighted by atomic mass is 32.2. The highest BCUT2D eigenvalue weighted by Crippen LogP contribution is 2.48. The lowest BCUT2D eigenvalue weighted by atomic mass is 9.64. The lowest BCUT2D eigenvalue weighted by Crippen LogP contribution is -2.41. The first-order chi connectivity index (χ1) is 7.77. The van der Waals surface area contributed by atoms with Crippen molar-refractivity contribution in [1.82, 2.24) is 0 Å². The third kappa shape index (κ3) is 1.72. The Morgan fingerprint density at radius 1 is 1.44 bits per heavy atom. The third-order valence-electron chi connectivity index (χ3n) is 3.68. The molecule has 0 heterocycles. The van der Waals surface area contributed by atoms with E-state index in [1.54, 1.807) is 18.9 Å². The van der Waals surface area contributed by atoms with E-state index in [-0.39, 0.29) is 5.41 Å². The highest BCUT2D eigenvalue weighted by molar-refractivity contribution is 7.98. The topological polar surface area (TPSA) is 35.2 Å². The molecule has 1 aromatic rings. The average Bonchev–Trinajstić information content (AvgIpc) is 2.28. The van der Waals surface area contributed by atoms with Crippen molar-refractivity contribution in [3.63, 3.8) is 0 Å². The molecule has 0 aliphatic heterocycles. The van der Waals surface area contributed by atoms with E-state index in [0.29, 0.717) is 0 Å². The van der Waals surface area contributed by atoms with Crippen LogP contribution in [0.5, 0.6) is 5.75 Å². The van der Waals surface area contributed by atoms with Crippen molar-refractivity contribution in [3.8, 4) is 5.75 Å². The van der Waals surface area contributed by atoms with Crippen LogP contribution in [-0.2, 0) is 5.41 Å². The van der Waals surface area contributed by atoms with E-state index in [4.69, 9.17) is 10.5 Å². The fraction of sp³-hybridized carbons (Fsp3) is 0.538. The van der Waals surface area contributed by atoms with Crippen LogP contribution in [0.2, 0.25) is 0 Å². The van der Waals surface area contributed by atoms with E-state index in [2.05, 4.69) is 18.4 Å². The first kappa shape index (κ1) is 11.8. The molecule has 16 heavy (non-hydrogen) atoms. The molecule has 88 valence electrons. The number of hydrogen-bond donors (Lipinski definition) is 1. The van der Waals surface area contributed by atoms with E-state index in [9.17, 15) is 0 Å². The summed E-state index contributed by atoms with van der Waals surface area (Å²) in [6.45, 7) is 0.744. The smallest absolute Gasteiger partial charge is 0.132 e. The van der Waals surface area contributed by atoms with Gasteiger partial charge < -0.3 is 10.5 Å². The molecule has 2 nitrogen and oxygen atoms in total. The molecule has 0 aromatic heterocycles. The van der Waals surface area contributed by atoms with Gasteiger partial charge in [-0.2, -0.15) is 0 Å². The van der Waals surface area contributed by atoms with Crippen molar-refractivity contribution in [3.05, 3.63) is 23.8 Å². The summed E-state index contributed by atoms with van der Waals surface area (Å²) < 4.78 is 5.42. The van der Waals surface area contributed by atoms with Crippen molar-refractivity contribution in [2.45, 2.75) is 29.6 Å². The summed E-state index contributed by atoms with van der Waals surface area (Å²) in [4.78, 5) is 1.26. The number of benzene rings is 1. The second-order valence-electron chi connectivity index (χ2n) is 4.38. The Morgan fingerprint density at radius 2 is 2.19 bits per heavy atom. The number of hydrogen-bond acceptors (Lipinski definition) is 3. The maximum absolute atomic E-state index is 5.97. The molecule has 1 saturated carbocycles. The van der Waals surface area contributed by atoms with E-state index < -0.39 is 0 Å². The van der Waals surface area contributed by atoms with Crippen LogP contribution in [0, 0.1) is 0 Å². The fourth-order valence-electron chi connectivity index (χ4n) is 2.49. The van der Waals surface area contributed by atoms with Crippen LogP contribution in [0.1, 0.15) is 24.8 Å². The summed E-state index contributed by atoms with van der Waals surface area (Å²) in [5.74, 6) is 0.977. The Hall–Kier alpha value is -0.670. The van der Waals surface area contributed by atoms with Crippen molar-refractivity contribution >= 4 is 11.8 Å². The Balaban J connectivity index is 2.47. The number of thioether (sulfide) groups is 1. The highest BCUT2D eigenvalue weighted by Gasteiger charge is 2.39. The number of ether oxygens (including phenoxy) is 1. The summed E-state index contributed by atoms with van der Waals surface area (Å²) in [7, 11) is 1.73. The van der Waals surface area contributed by atoms with Gasteiger partial charge in [-0.15, -0.1) is 11.8 Å². The zero-order valence-electron chi connectivity index (χ0n) is 9.95. The molecule has 3 heteroatoms. The average molecular weight is 237 g/mol. The summed E-state index contributed by atoms with van der Waals surface area (Å²) in [5.41, 5.74) is 7.56. The van der Waals surface area contributed by atoms with E-state index in [1.807, 2.05) is 6.07 Å². The van der Waals surface area contributed by atoms with Gasteiger partial charge in [-0.05, 0) is 30.7 Å². The molecule has 0 saturated heterocycles. The Kier molecular flexibility index (Phi) is 3.45. The summed E-state index contributed by atoms with van der Waals surface area (Å²) in [6.07, 6.45) is 5.82. The Labute approximate surface area is 102 Å². The standard InChI is InChI=1S/C13H19NOS/c1-15-11-6-3-5-10(12(11)16-2)13(9-14)7-4-8-13/h3,5-6H,4,7-9,14H2,1-2H3. The van der Waals surface area contributed by atoms with Crippen LogP contribution < -0.4 is 10.5 Å². The lowest BCUT2D eigenvalue weighted by Gasteiger charge is -2.42. The van der Waals surface area contributed by atoms with Crippen LogP contribution in [0.25, 0.3) is 0 Å². The molecule has 1 aliphatic carbocycles. The molecule has 2 N–H and O–H groups in total. The maximum atomic E-state index is 5.97. The van der Waals surface area contributed by atoms with Crippen LogP contribution in [0.4, 0.5) is 0 Å². The molecule has 1 aromatic carbocycles. The molecule has 0 bridgehead atoms. The number of nitrogens with two attached hydrogens (primary N) is 1. The fourth-order valence-corrected chi connectivity index (χ4v) is 3.35. The second-order valence-corrected chi connectivity index (χ2v) is 5.20. The molecule has 0 unspecified atom stereocenters. The van der Waals surface area contributed by atoms with Gasteiger partial charge in [-0.1, -0.05) is 18.6 Å². The summed E-state index contributed by atoms with van der Waals surface area (Å²) in [5, 5.41) is 0. The zero-order valence-corrected chi connectivity index (χ0v) is 10.8. The first-order valence-electron chi connectivity index (χ1n) is 5.69. The van der Waals surface area contributed by atoms with Gasteiger partial charge in [0.05, 0.1) is 12.0 Å². The zero-order chi connectivity index (χ0) is 11.6. The molecule has 1 fully saturated rings. The Bertz CT molecular complexity index is 369. The minimum atomic E-state index is 0.215. The molecule has 0 atom stereocenters. The van der Waals surface area contributed by atoms with Gasteiger partial charge in [0, 0.05) is 12.0 Å². The monoisotopic (exact) mass is 237 g/mol. The first-order valence-corrected chi connectivity index (χ1v) is 6.91. The van der Waals surface area contributed by atoms with Crippen LogP contribution >= 0.6 is 11.8 Å². The maximum Gasteiger partial charge on any atom is 0.132 e. The third-order valence-corrected chi connectivity index (χ3v) is 4.51. The molecule has 2 rings (SSSR count). The van der Waals surface area contributed by atoms with Crippen molar-refractivity contribution < 1.29 is 4.74 Å². The van der Waals surface area contributed by atoms with Gasteiger partial charge in [0.2, 0.25) is 0 Å². The second kappa shape index (κ2) is 4.68. The Morgan fingerprint density at radius 3 is 2.62 bits per heavy atom. The quantitative estimate of drug-likeness (QED) is 0.818. The molecule has 1 aliphatic rings. The molecular weight excluding hydrogens is 218 g/mol. The van der Waals surface area contributed by atoms with Crippen LogP contribution in [0.15, 0.2) is 23.1 Å². The lowest BCUT2D eigenvalue weighted by molar-refractivity contribution is 0.247. The van der Waals surface area contributed by atoms with Crippen molar-refractivity contribution in [1.29, 1.82) is 0 Å². The van der Waals surface area contributed by atoms with E-state index >= 15 is 0 Å². The summed E-state index contributed by atoms with van der Waals surface area (Å²) >= 11 is 1.76.